The molecule has 0 amide bonds. The Kier molecular flexibility index (Phi) is 5.77. The van der Waals surface area contributed by atoms with Crippen LogP contribution in [-0.4, -0.2) is 38.0 Å². The van der Waals surface area contributed by atoms with E-state index in [-0.39, 0.29) is 18.3 Å². The highest BCUT2D eigenvalue weighted by Gasteiger charge is 2.12. The summed E-state index contributed by atoms with van der Waals surface area (Å²) in [6.07, 6.45) is 5.06. The van der Waals surface area contributed by atoms with Crippen molar-refractivity contribution in [3.8, 4) is 0 Å². The third-order valence-electron chi connectivity index (χ3n) is 2.78. The fourth-order valence-electron chi connectivity index (χ4n) is 1.80. The van der Waals surface area contributed by atoms with Gasteiger partial charge in [-0.25, -0.2) is 4.98 Å². The summed E-state index contributed by atoms with van der Waals surface area (Å²) < 4.78 is 6.79. The molecule has 0 aliphatic carbocycles. The molecular weight excluding hydrogens is 290 g/mol. The minimum atomic E-state index is -0.272. The molecule has 1 N–H and O–H groups in total. The van der Waals surface area contributed by atoms with Crippen LogP contribution in [0.1, 0.15) is 18.2 Å². The van der Waals surface area contributed by atoms with Crippen molar-refractivity contribution in [3.05, 3.63) is 42.0 Å². The van der Waals surface area contributed by atoms with Crippen LogP contribution >= 0.6 is 11.8 Å². The van der Waals surface area contributed by atoms with Crippen molar-refractivity contribution in [2.24, 2.45) is 0 Å². The first-order valence-corrected chi connectivity index (χ1v) is 7.55. The first-order chi connectivity index (χ1) is 10.2. The molecule has 0 unspecified atom stereocenters. The molecular formula is C14H17N3O3S. The summed E-state index contributed by atoms with van der Waals surface area (Å²) in [6.45, 7) is 2.62. The quantitative estimate of drug-likeness (QED) is 0.616. The molecule has 0 fully saturated rings. The number of esters is 1. The van der Waals surface area contributed by atoms with Crippen molar-refractivity contribution in [1.82, 2.24) is 14.5 Å². The SMILES string of the molecule is CCOC(=O)CSc1ncc(CO)n1Cc1ccncc1. The Morgan fingerprint density at radius 1 is 1.43 bits per heavy atom. The first kappa shape index (κ1) is 15.5. The Morgan fingerprint density at radius 2 is 2.19 bits per heavy atom. The number of pyridine rings is 1. The molecule has 112 valence electrons. The summed E-state index contributed by atoms with van der Waals surface area (Å²) in [4.78, 5) is 19.7. The second-order valence-electron chi connectivity index (χ2n) is 4.23. The number of nitrogens with zero attached hydrogens (tertiary/aromatic N) is 3. The summed E-state index contributed by atoms with van der Waals surface area (Å²) in [5.74, 6) is -0.0713. The van der Waals surface area contributed by atoms with Gasteiger partial charge in [-0.3, -0.25) is 9.78 Å². The fraction of sp³-hybridized carbons (Fsp3) is 0.357. The summed E-state index contributed by atoms with van der Waals surface area (Å²) in [5.41, 5.74) is 1.76. The zero-order valence-electron chi connectivity index (χ0n) is 11.7. The molecule has 6 nitrogen and oxygen atoms in total. The molecule has 2 aromatic heterocycles. The lowest BCUT2D eigenvalue weighted by atomic mass is 10.2. The van der Waals surface area contributed by atoms with E-state index in [9.17, 15) is 9.90 Å². The number of thioether (sulfide) groups is 1. The van der Waals surface area contributed by atoms with E-state index in [0.717, 1.165) is 5.56 Å². The van der Waals surface area contributed by atoms with Gasteiger partial charge < -0.3 is 14.4 Å². The molecule has 21 heavy (non-hydrogen) atoms. The van der Waals surface area contributed by atoms with E-state index < -0.39 is 0 Å². The lowest BCUT2D eigenvalue weighted by Crippen LogP contribution is -2.10. The van der Waals surface area contributed by atoms with E-state index in [1.54, 1.807) is 25.5 Å². The molecule has 0 aromatic carbocycles. The van der Waals surface area contributed by atoms with Gasteiger partial charge in [-0.1, -0.05) is 11.8 Å². The lowest BCUT2D eigenvalue weighted by molar-refractivity contribution is -0.139. The second-order valence-corrected chi connectivity index (χ2v) is 5.17. The van der Waals surface area contributed by atoms with Gasteiger partial charge in [0, 0.05) is 12.4 Å². The Hall–Kier alpha value is -1.86. The highest BCUT2D eigenvalue weighted by atomic mass is 32.2. The van der Waals surface area contributed by atoms with Crippen molar-refractivity contribution < 1.29 is 14.6 Å². The van der Waals surface area contributed by atoms with Crippen LogP contribution in [0, 0.1) is 0 Å². The molecule has 2 rings (SSSR count). The molecule has 0 spiro atoms. The monoisotopic (exact) mass is 307 g/mol. The predicted octanol–water partition coefficient (Wildman–Crippen LogP) is 1.47. The topological polar surface area (TPSA) is 77.2 Å². The summed E-state index contributed by atoms with van der Waals surface area (Å²) >= 11 is 1.30. The molecule has 0 atom stereocenters. The Bertz CT molecular complexity index is 586. The molecule has 7 heteroatoms. The van der Waals surface area contributed by atoms with Gasteiger partial charge in [0.05, 0.1) is 37.4 Å². The van der Waals surface area contributed by atoms with Crippen LogP contribution in [0.4, 0.5) is 0 Å². The number of carbonyl (C=O) groups is 1. The number of hydrogen-bond donors (Lipinski definition) is 1. The molecule has 0 saturated heterocycles. The van der Waals surface area contributed by atoms with Crippen molar-refractivity contribution in [2.45, 2.75) is 25.2 Å². The van der Waals surface area contributed by atoms with E-state index >= 15 is 0 Å². The fourth-order valence-corrected chi connectivity index (χ4v) is 2.59. The van der Waals surface area contributed by atoms with Gasteiger partial charge in [0.2, 0.25) is 0 Å². The first-order valence-electron chi connectivity index (χ1n) is 6.57. The van der Waals surface area contributed by atoms with Gasteiger partial charge in [-0.05, 0) is 24.6 Å². The number of aromatic nitrogens is 3. The van der Waals surface area contributed by atoms with E-state index in [1.165, 1.54) is 11.8 Å². The molecule has 2 aromatic rings. The van der Waals surface area contributed by atoms with Crippen molar-refractivity contribution in [3.63, 3.8) is 0 Å². The normalized spacial score (nSPS) is 10.6. The van der Waals surface area contributed by atoms with Gasteiger partial charge in [0.1, 0.15) is 0 Å². The van der Waals surface area contributed by atoms with Crippen LogP contribution in [0.25, 0.3) is 0 Å². The summed E-state index contributed by atoms with van der Waals surface area (Å²) in [5, 5.41) is 10.1. The number of aliphatic hydroxyl groups is 1. The molecule has 0 aliphatic rings. The minimum absolute atomic E-state index is 0.0992. The maximum atomic E-state index is 11.4. The number of carbonyl (C=O) groups excluding carboxylic acids is 1. The van der Waals surface area contributed by atoms with E-state index in [4.69, 9.17) is 4.74 Å². The Balaban J connectivity index is 2.11. The van der Waals surface area contributed by atoms with Gasteiger partial charge in [0.15, 0.2) is 5.16 Å². The molecule has 0 radical (unpaired) electrons. The lowest BCUT2D eigenvalue weighted by Gasteiger charge is -2.10. The van der Waals surface area contributed by atoms with Crippen LogP contribution < -0.4 is 0 Å². The third kappa shape index (κ3) is 4.30. The van der Waals surface area contributed by atoms with E-state index in [0.29, 0.717) is 24.0 Å². The number of hydrogen-bond acceptors (Lipinski definition) is 6. The van der Waals surface area contributed by atoms with Gasteiger partial charge >= 0.3 is 5.97 Å². The van der Waals surface area contributed by atoms with Crippen molar-refractivity contribution in [2.75, 3.05) is 12.4 Å². The van der Waals surface area contributed by atoms with E-state index in [2.05, 4.69) is 9.97 Å². The van der Waals surface area contributed by atoms with Crippen LogP contribution in [0.15, 0.2) is 35.9 Å². The highest BCUT2D eigenvalue weighted by Crippen LogP contribution is 2.20. The van der Waals surface area contributed by atoms with Crippen LogP contribution in [0.2, 0.25) is 0 Å². The number of aliphatic hydroxyl groups excluding tert-OH is 1. The Labute approximate surface area is 127 Å². The number of imidazole rings is 1. The highest BCUT2D eigenvalue weighted by molar-refractivity contribution is 7.99. The second kappa shape index (κ2) is 7.80. The zero-order chi connectivity index (χ0) is 15.1. The van der Waals surface area contributed by atoms with Gasteiger partial charge in [-0.15, -0.1) is 0 Å². The average Bonchev–Trinajstić information content (AvgIpc) is 2.88. The number of rotatable bonds is 7. The largest absolute Gasteiger partial charge is 0.465 e. The smallest absolute Gasteiger partial charge is 0.316 e. The maximum absolute atomic E-state index is 11.4. The average molecular weight is 307 g/mol. The molecule has 2 heterocycles. The summed E-state index contributed by atoms with van der Waals surface area (Å²) in [6, 6.07) is 3.81. The number of ether oxygens (including phenoxy) is 1. The van der Waals surface area contributed by atoms with Gasteiger partial charge in [-0.2, -0.15) is 0 Å². The van der Waals surface area contributed by atoms with Crippen LogP contribution in [0.5, 0.6) is 0 Å². The zero-order valence-corrected chi connectivity index (χ0v) is 12.5. The van der Waals surface area contributed by atoms with Gasteiger partial charge in [0.25, 0.3) is 0 Å². The summed E-state index contributed by atoms with van der Waals surface area (Å²) in [7, 11) is 0. The van der Waals surface area contributed by atoms with Crippen LogP contribution in [0.3, 0.4) is 0 Å². The molecule has 0 bridgehead atoms. The van der Waals surface area contributed by atoms with Crippen LogP contribution in [-0.2, 0) is 22.7 Å². The predicted molar refractivity (Wildman–Crippen MR) is 78.8 cm³/mol. The standard InChI is InChI=1S/C14H17N3O3S/c1-2-20-13(19)10-21-14-16-7-12(9-18)17(14)8-11-3-5-15-6-4-11/h3-7,18H,2,8-10H2,1H3. The van der Waals surface area contributed by atoms with Crippen molar-refractivity contribution >= 4 is 17.7 Å². The maximum Gasteiger partial charge on any atom is 0.316 e. The van der Waals surface area contributed by atoms with E-state index in [1.807, 2.05) is 16.7 Å². The third-order valence-corrected chi connectivity index (χ3v) is 3.74. The molecule has 0 saturated carbocycles. The molecule has 0 aliphatic heterocycles. The Morgan fingerprint density at radius 3 is 2.86 bits per heavy atom. The van der Waals surface area contributed by atoms with Crippen molar-refractivity contribution in [1.29, 1.82) is 0 Å². The minimum Gasteiger partial charge on any atom is -0.465 e.